The van der Waals surface area contributed by atoms with Gasteiger partial charge in [-0.15, -0.1) is 11.3 Å². The van der Waals surface area contributed by atoms with Crippen LogP contribution in [0.2, 0.25) is 0 Å². The van der Waals surface area contributed by atoms with Gasteiger partial charge in [0.05, 0.1) is 21.4 Å². The third-order valence-corrected chi connectivity index (χ3v) is 11.6. The maximum Gasteiger partial charge on any atom is 0.162 e. The summed E-state index contributed by atoms with van der Waals surface area (Å²) in [4.78, 5) is 10.5. The van der Waals surface area contributed by atoms with E-state index in [1.54, 1.807) is 0 Å². The third-order valence-electron chi connectivity index (χ3n) is 10.4. The second kappa shape index (κ2) is 11.5. The van der Waals surface area contributed by atoms with E-state index in [1.807, 2.05) is 23.5 Å². The lowest BCUT2D eigenvalue weighted by Gasteiger charge is -2.14. The van der Waals surface area contributed by atoms with Crippen LogP contribution in [0.25, 0.3) is 103 Å². The lowest BCUT2D eigenvalue weighted by molar-refractivity contribution is 1.05. The Labute approximate surface area is 303 Å². The number of hydrogen-bond donors (Lipinski definition) is 0. The molecule has 0 aliphatic heterocycles. The Balaban J connectivity index is 1.36. The highest BCUT2D eigenvalue weighted by Gasteiger charge is 2.24. The van der Waals surface area contributed by atoms with Gasteiger partial charge >= 0.3 is 0 Å². The molecule has 0 fully saturated rings. The standard InChI is InChI=1S/C48H29N3S/c1-3-16-32(17-4-1)40-29-43(50-48(49-40)33-18-5-2-6-19-33)51-41-27-26-31-15-8-10-22-35(31)44(41)39-28-38(36-24-13-20-30-14-7-9-21-34(30)36)45-37-23-11-12-25-42(37)52-47(45)46(39)51/h1-29H. The Morgan fingerprint density at radius 2 is 1.10 bits per heavy atom. The van der Waals surface area contributed by atoms with Crippen molar-refractivity contribution in [3.63, 3.8) is 0 Å². The van der Waals surface area contributed by atoms with E-state index < -0.39 is 0 Å². The molecule has 0 radical (unpaired) electrons. The molecule has 242 valence electrons. The smallest absolute Gasteiger partial charge is 0.162 e. The molecule has 0 atom stereocenters. The molecular weight excluding hydrogens is 651 g/mol. The largest absolute Gasteiger partial charge is 0.292 e. The van der Waals surface area contributed by atoms with Crippen LogP contribution in [-0.4, -0.2) is 14.5 Å². The molecule has 3 nitrogen and oxygen atoms in total. The van der Waals surface area contributed by atoms with E-state index in [4.69, 9.17) is 9.97 Å². The first-order valence-electron chi connectivity index (χ1n) is 17.6. The van der Waals surface area contributed by atoms with E-state index in [-0.39, 0.29) is 0 Å². The monoisotopic (exact) mass is 679 g/mol. The number of fused-ring (bicyclic) bond motifs is 10. The van der Waals surface area contributed by atoms with Gasteiger partial charge in [-0.3, -0.25) is 4.57 Å². The number of benzene rings is 8. The van der Waals surface area contributed by atoms with Gasteiger partial charge in [-0.1, -0.05) is 152 Å². The second-order valence-corrected chi connectivity index (χ2v) is 14.4. The molecule has 0 saturated carbocycles. The molecule has 0 saturated heterocycles. The molecule has 0 bridgehead atoms. The Morgan fingerprint density at radius 3 is 1.90 bits per heavy atom. The minimum atomic E-state index is 0.702. The fourth-order valence-corrected chi connectivity index (χ4v) is 9.35. The minimum absolute atomic E-state index is 0.702. The molecule has 52 heavy (non-hydrogen) atoms. The van der Waals surface area contributed by atoms with Gasteiger partial charge < -0.3 is 0 Å². The van der Waals surface area contributed by atoms with Crippen molar-refractivity contribution in [1.82, 2.24) is 14.5 Å². The molecule has 11 aromatic rings. The van der Waals surface area contributed by atoms with Crippen LogP contribution in [0.5, 0.6) is 0 Å². The highest BCUT2D eigenvalue weighted by atomic mass is 32.1. The summed E-state index contributed by atoms with van der Waals surface area (Å²) in [6.45, 7) is 0. The molecule has 4 heteroatoms. The van der Waals surface area contributed by atoms with E-state index in [1.165, 1.54) is 69.1 Å². The van der Waals surface area contributed by atoms with Gasteiger partial charge in [0.2, 0.25) is 0 Å². The number of aromatic nitrogens is 3. The molecule has 0 unspecified atom stereocenters. The molecule has 0 N–H and O–H groups in total. The van der Waals surface area contributed by atoms with E-state index in [0.717, 1.165) is 28.2 Å². The minimum Gasteiger partial charge on any atom is -0.292 e. The zero-order valence-electron chi connectivity index (χ0n) is 28.0. The summed E-state index contributed by atoms with van der Waals surface area (Å²) in [6, 6.07) is 63.0. The normalized spacial score (nSPS) is 11.8. The van der Waals surface area contributed by atoms with Gasteiger partial charge in [0.25, 0.3) is 0 Å². The van der Waals surface area contributed by atoms with Crippen LogP contribution in [0, 0.1) is 0 Å². The SMILES string of the molecule is c1ccc(-c2cc(-n3c4ccc5ccccc5c4c4cc(-c5cccc6ccccc56)c5c6ccccc6sc5c43)nc(-c3ccccc3)n2)cc1. The number of nitrogens with zero attached hydrogens (tertiary/aromatic N) is 3. The quantitative estimate of drug-likeness (QED) is 0.185. The van der Waals surface area contributed by atoms with Crippen molar-refractivity contribution in [3.8, 4) is 39.6 Å². The molecule has 11 rings (SSSR count). The number of rotatable bonds is 4. The van der Waals surface area contributed by atoms with Gasteiger partial charge in [-0.2, -0.15) is 0 Å². The topological polar surface area (TPSA) is 30.7 Å². The molecule has 8 aromatic carbocycles. The maximum atomic E-state index is 5.39. The predicted octanol–water partition coefficient (Wildman–Crippen LogP) is 13.2. The summed E-state index contributed by atoms with van der Waals surface area (Å²) in [5.41, 5.74) is 7.72. The van der Waals surface area contributed by atoms with Crippen molar-refractivity contribution >= 4 is 74.9 Å². The predicted molar refractivity (Wildman–Crippen MR) is 221 cm³/mol. The van der Waals surface area contributed by atoms with Crippen LogP contribution in [0.1, 0.15) is 0 Å². The average molecular weight is 680 g/mol. The lowest BCUT2D eigenvalue weighted by Crippen LogP contribution is -2.02. The summed E-state index contributed by atoms with van der Waals surface area (Å²) >= 11 is 1.87. The molecule has 3 heterocycles. The van der Waals surface area contributed by atoms with Gasteiger partial charge in [0, 0.05) is 43.4 Å². The summed E-state index contributed by atoms with van der Waals surface area (Å²) in [5, 5.41) is 9.94. The van der Waals surface area contributed by atoms with Crippen molar-refractivity contribution in [1.29, 1.82) is 0 Å². The van der Waals surface area contributed by atoms with Crippen molar-refractivity contribution in [3.05, 3.63) is 176 Å². The van der Waals surface area contributed by atoms with Crippen molar-refractivity contribution in [2.45, 2.75) is 0 Å². The fraction of sp³-hybridized carbons (Fsp3) is 0. The molecule has 0 spiro atoms. The average Bonchev–Trinajstić information content (AvgIpc) is 3.77. The first kappa shape index (κ1) is 29.1. The summed E-state index contributed by atoms with van der Waals surface area (Å²) < 4.78 is 4.93. The maximum absolute atomic E-state index is 5.39. The Kier molecular flexibility index (Phi) is 6.42. The molecule has 0 amide bonds. The van der Waals surface area contributed by atoms with Crippen LogP contribution >= 0.6 is 11.3 Å². The molecular formula is C48H29N3S. The van der Waals surface area contributed by atoms with Gasteiger partial charge in [-0.25, -0.2) is 9.97 Å². The van der Waals surface area contributed by atoms with E-state index >= 15 is 0 Å². The van der Waals surface area contributed by atoms with Crippen LogP contribution in [-0.2, 0) is 0 Å². The van der Waals surface area contributed by atoms with Gasteiger partial charge in [0.15, 0.2) is 5.82 Å². The van der Waals surface area contributed by atoms with Crippen molar-refractivity contribution in [2.75, 3.05) is 0 Å². The van der Waals surface area contributed by atoms with Gasteiger partial charge in [-0.05, 0) is 50.9 Å². The summed E-state index contributed by atoms with van der Waals surface area (Å²) in [6.07, 6.45) is 0. The highest BCUT2D eigenvalue weighted by Crippen LogP contribution is 2.49. The first-order valence-corrected chi connectivity index (χ1v) is 18.4. The van der Waals surface area contributed by atoms with Crippen LogP contribution < -0.4 is 0 Å². The second-order valence-electron chi connectivity index (χ2n) is 13.3. The first-order chi connectivity index (χ1) is 25.8. The highest BCUT2D eigenvalue weighted by molar-refractivity contribution is 7.26. The van der Waals surface area contributed by atoms with E-state index in [9.17, 15) is 0 Å². The lowest BCUT2D eigenvalue weighted by atomic mass is 9.92. The molecule has 0 aliphatic carbocycles. The number of thiophene rings is 1. The van der Waals surface area contributed by atoms with Crippen LogP contribution in [0.4, 0.5) is 0 Å². The van der Waals surface area contributed by atoms with Crippen molar-refractivity contribution in [2.24, 2.45) is 0 Å². The van der Waals surface area contributed by atoms with E-state index in [0.29, 0.717) is 5.82 Å². The van der Waals surface area contributed by atoms with Crippen LogP contribution in [0.15, 0.2) is 176 Å². The Bertz CT molecular complexity index is 3110. The zero-order valence-corrected chi connectivity index (χ0v) is 28.8. The summed E-state index contributed by atoms with van der Waals surface area (Å²) in [7, 11) is 0. The zero-order chi connectivity index (χ0) is 34.2. The van der Waals surface area contributed by atoms with E-state index in [2.05, 4.69) is 168 Å². The molecule has 0 aliphatic rings. The number of hydrogen-bond acceptors (Lipinski definition) is 3. The Morgan fingerprint density at radius 1 is 0.442 bits per heavy atom. The Hall–Kier alpha value is -6.62. The fourth-order valence-electron chi connectivity index (χ4n) is 8.08. The summed E-state index contributed by atoms with van der Waals surface area (Å²) in [5.74, 6) is 1.55. The molecule has 3 aromatic heterocycles. The van der Waals surface area contributed by atoms with Crippen LogP contribution in [0.3, 0.4) is 0 Å². The third kappa shape index (κ3) is 4.38. The van der Waals surface area contributed by atoms with Gasteiger partial charge in [0.1, 0.15) is 5.82 Å². The van der Waals surface area contributed by atoms with Crippen molar-refractivity contribution < 1.29 is 0 Å².